The van der Waals surface area contributed by atoms with Crippen molar-refractivity contribution < 1.29 is 23.8 Å². The summed E-state index contributed by atoms with van der Waals surface area (Å²) in [6.07, 6.45) is 1.30. The molecule has 3 heterocycles. The molecule has 2 fully saturated rings. The molecule has 0 saturated carbocycles. The van der Waals surface area contributed by atoms with E-state index in [1.165, 1.54) is 0 Å². The van der Waals surface area contributed by atoms with Crippen molar-refractivity contribution in [2.75, 3.05) is 39.5 Å². The largest absolute Gasteiger partial charge is 0.485 e. The van der Waals surface area contributed by atoms with Crippen molar-refractivity contribution in [1.82, 2.24) is 15.5 Å². The highest BCUT2D eigenvalue weighted by Crippen LogP contribution is 2.31. The molecular weight excluding hydrogens is 398 g/mol. The van der Waals surface area contributed by atoms with Gasteiger partial charge in [-0.15, -0.1) is 12.4 Å². The average Bonchev–Trinajstić information content (AvgIpc) is 2.74. The molecule has 2 unspecified atom stereocenters. The van der Waals surface area contributed by atoms with Gasteiger partial charge in [-0.25, -0.2) is 0 Å². The highest BCUT2D eigenvalue weighted by molar-refractivity contribution is 5.85. The van der Waals surface area contributed by atoms with Crippen LogP contribution in [0.3, 0.4) is 0 Å². The number of morpholine rings is 1. The van der Waals surface area contributed by atoms with Gasteiger partial charge >= 0.3 is 0 Å². The normalized spacial score (nSPS) is 24.3. The Morgan fingerprint density at radius 3 is 2.62 bits per heavy atom. The Bertz CT molecular complexity index is 705. The fourth-order valence-corrected chi connectivity index (χ4v) is 3.85. The summed E-state index contributed by atoms with van der Waals surface area (Å²) in [6.45, 7) is 3.50. The fourth-order valence-electron chi connectivity index (χ4n) is 3.85. The van der Waals surface area contributed by atoms with Gasteiger partial charge in [0.25, 0.3) is 5.91 Å². The molecule has 1 aromatic carbocycles. The second-order valence-electron chi connectivity index (χ2n) is 7.46. The van der Waals surface area contributed by atoms with Crippen LogP contribution in [0.15, 0.2) is 24.3 Å². The number of likely N-dealkylation sites (tertiary alicyclic amines) is 1. The van der Waals surface area contributed by atoms with E-state index in [4.69, 9.17) is 14.2 Å². The van der Waals surface area contributed by atoms with Gasteiger partial charge in [0.2, 0.25) is 12.0 Å². The van der Waals surface area contributed by atoms with Crippen molar-refractivity contribution in [2.24, 2.45) is 0 Å². The van der Waals surface area contributed by atoms with Gasteiger partial charge in [0.05, 0.1) is 13.2 Å². The van der Waals surface area contributed by atoms with E-state index in [1.54, 1.807) is 4.90 Å². The minimum absolute atomic E-state index is 0. The van der Waals surface area contributed by atoms with Crippen LogP contribution in [0.5, 0.6) is 11.5 Å². The average molecular weight is 426 g/mol. The molecule has 29 heavy (non-hydrogen) atoms. The maximum Gasteiger partial charge on any atom is 0.267 e. The second-order valence-corrected chi connectivity index (χ2v) is 7.46. The van der Waals surface area contributed by atoms with Gasteiger partial charge in [-0.05, 0) is 25.0 Å². The van der Waals surface area contributed by atoms with Crippen LogP contribution in [0.2, 0.25) is 0 Å². The number of nitrogens with one attached hydrogen (secondary N) is 2. The van der Waals surface area contributed by atoms with Crippen LogP contribution in [0.4, 0.5) is 0 Å². The number of fused-ring (bicyclic) bond motifs is 1. The molecule has 2 atom stereocenters. The van der Waals surface area contributed by atoms with Gasteiger partial charge in [-0.3, -0.25) is 9.59 Å². The molecular formula is C20H28ClN3O5. The third kappa shape index (κ3) is 5.52. The number of carbonyl (C=O) groups excluding carboxylic acids is 2. The third-order valence-corrected chi connectivity index (χ3v) is 5.39. The summed E-state index contributed by atoms with van der Waals surface area (Å²) in [5, 5.41) is 6.38. The molecule has 2 amide bonds. The molecule has 4 rings (SSSR count). The van der Waals surface area contributed by atoms with E-state index in [1.807, 2.05) is 24.3 Å². The number of nitrogens with zero attached hydrogens (tertiary/aromatic N) is 1. The third-order valence-electron chi connectivity index (χ3n) is 5.39. The van der Waals surface area contributed by atoms with Crippen molar-refractivity contribution in [1.29, 1.82) is 0 Å². The predicted molar refractivity (Wildman–Crippen MR) is 109 cm³/mol. The van der Waals surface area contributed by atoms with Crippen molar-refractivity contribution >= 4 is 24.2 Å². The summed E-state index contributed by atoms with van der Waals surface area (Å²) < 4.78 is 16.9. The van der Waals surface area contributed by atoms with E-state index in [0.29, 0.717) is 44.2 Å². The predicted octanol–water partition coefficient (Wildman–Crippen LogP) is 0.734. The van der Waals surface area contributed by atoms with E-state index in [0.717, 1.165) is 19.4 Å². The lowest BCUT2D eigenvalue weighted by Crippen LogP contribution is -2.52. The summed E-state index contributed by atoms with van der Waals surface area (Å²) in [5.41, 5.74) is 0. The van der Waals surface area contributed by atoms with Crippen molar-refractivity contribution in [3.8, 4) is 11.5 Å². The summed E-state index contributed by atoms with van der Waals surface area (Å²) in [5.74, 6) is 1.26. The molecule has 0 spiro atoms. The summed E-state index contributed by atoms with van der Waals surface area (Å²) in [6, 6.07) is 7.56. The molecule has 1 aromatic rings. The van der Waals surface area contributed by atoms with Gasteiger partial charge in [-0.2, -0.15) is 0 Å². The lowest BCUT2D eigenvalue weighted by molar-refractivity contribution is -0.142. The van der Waals surface area contributed by atoms with E-state index in [2.05, 4.69) is 10.6 Å². The molecule has 2 saturated heterocycles. The van der Waals surface area contributed by atoms with E-state index in [-0.39, 0.29) is 42.9 Å². The number of benzene rings is 1. The SMILES string of the molecule is Cl.O=C(CC1COCCN1)NC1CCN(C(=O)C2COc3ccccc3O2)CC1. The molecule has 0 bridgehead atoms. The number of piperidine rings is 1. The van der Waals surface area contributed by atoms with Crippen LogP contribution in [-0.4, -0.2) is 74.4 Å². The smallest absolute Gasteiger partial charge is 0.267 e. The van der Waals surface area contributed by atoms with Gasteiger partial charge in [0, 0.05) is 38.1 Å². The Kier molecular flexibility index (Phi) is 7.57. The molecule has 3 aliphatic heterocycles. The topological polar surface area (TPSA) is 89.1 Å². The minimum atomic E-state index is -0.613. The zero-order valence-corrected chi connectivity index (χ0v) is 17.1. The Hall–Kier alpha value is -2.03. The van der Waals surface area contributed by atoms with Crippen LogP contribution in [-0.2, 0) is 14.3 Å². The molecule has 0 aromatic heterocycles. The van der Waals surface area contributed by atoms with Crippen LogP contribution in [0.25, 0.3) is 0 Å². The number of halogens is 1. The Labute approximate surface area is 176 Å². The lowest BCUT2D eigenvalue weighted by atomic mass is 10.0. The van der Waals surface area contributed by atoms with E-state index < -0.39 is 6.10 Å². The molecule has 0 aliphatic carbocycles. The first-order chi connectivity index (χ1) is 13.7. The Morgan fingerprint density at radius 1 is 1.14 bits per heavy atom. The molecule has 2 N–H and O–H groups in total. The zero-order chi connectivity index (χ0) is 19.3. The van der Waals surface area contributed by atoms with Crippen LogP contribution in [0.1, 0.15) is 19.3 Å². The number of carbonyl (C=O) groups is 2. The van der Waals surface area contributed by atoms with Crippen molar-refractivity contribution in [3.05, 3.63) is 24.3 Å². The molecule has 3 aliphatic rings. The highest BCUT2D eigenvalue weighted by Gasteiger charge is 2.33. The quantitative estimate of drug-likeness (QED) is 0.739. The second kappa shape index (κ2) is 10.1. The van der Waals surface area contributed by atoms with Crippen LogP contribution in [0, 0.1) is 0 Å². The highest BCUT2D eigenvalue weighted by atomic mass is 35.5. The monoisotopic (exact) mass is 425 g/mol. The first kappa shape index (κ1) is 21.7. The lowest BCUT2D eigenvalue weighted by Gasteiger charge is -2.35. The standard InChI is InChI=1S/C20H27N3O5.ClH/c24-19(11-15-12-26-10-7-21-15)22-14-5-8-23(9-6-14)20(25)18-13-27-16-3-1-2-4-17(16)28-18;/h1-4,14-15,18,21H,5-13H2,(H,22,24);1H. The number of rotatable bonds is 4. The van der Waals surface area contributed by atoms with Gasteiger partial charge in [-0.1, -0.05) is 12.1 Å². The Morgan fingerprint density at radius 2 is 1.90 bits per heavy atom. The molecule has 9 heteroatoms. The van der Waals surface area contributed by atoms with E-state index >= 15 is 0 Å². The van der Waals surface area contributed by atoms with Crippen LogP contribution >= 0.6 is 12.4 Å². The van der Waals surface area contributed by atoms with Gasteiger partial charge < -0.3 is 29.7 Å². The molecule has 160 valence electrons. The number of hydrogen-bond acceptors (Lipinski definition) is 6. The van der Waals surface area contributed by atoms with Gasteiger partial charge in [0.15, 0.2) is 11.5 Å². The van der Waals surface area contributed by atoms with Crippen molar-refractivity contribution in [3.63, 3.8) is 0 Å². The zero-order valence-electron chi connectivity index (χ0n) is 16.3. The van der Waals surface area contributed by atoms with Crippen molar-refractivity contribution in [2.45, 2.75) is 37.5 Å². The molecule has 0 radical (unpaired) electrons. The fraction of sp³-hybridized carbons (Fsp3) is 0.600. The summed E-state index contributed by atoms with van der Waals surface area (Å²) >= 11 is 0. The first-order valence-electron chi connectivity index (χ1n) is 9.97. The first-order valence-corrected chi connectivity index (χ1v) is 9.97. The maximum atomic E-state index is 12.8. The number of para-hydroxylation sites is 2. The van der Waals surface area contributed by atoms with Crippen LogP contribution < -0.4 is 20.1 Å². The minimum Gasteiger partial charge on any atom is -0.485 e. The summed E-state index contributed by atoms with van der Waals surface area (Å²) in [4.78, 5) is 26.8. The molecule has 8 nitrogen and oxygen atoms in total. The Balaban J connectivity index is 0.00000240. The number of hydrogen-bond donors (Lipinski definition) is 2. The number of amides is 2. The maximum absolute atomic E-state index is 12.8. The van der Waals surface area contributed by atoms with E-state index in [9.17, 15) is 9.59 Å². The number of ether oxygens (including phenoxy) is 3. The summed E-state index contributed by atoms with van der Waals surface area (Å²) in [7, 11) is 0. The van der Waals surface area contributed by atoms with Gasteiger partial charge in [0.1, 0.15) is 6.61 Å².